The average molecular weight is 273 g/mol. The Bertz CT molecular complexity index is 574. The van der Waals surface area contributed by atoms with Gasteiger partial charge in [-0.05, 0) is 32.0 Å². The van der Waals surface area contributed by atoms with Crippen LogP contribution in [-0.4, -0.2) is 36.3 Å². The van der Waals surface area contributed by atoms with Crippen LogP contribution < -0.4 is 10.5 Å². The van der Waals surface area contributed by atoms with E-state index in [9.17, 15) is 0 Å². The normalized spacial score (nSPS) is 17.2. The van der Waals surface area contributed by atoms with Crippen LogP contribution in [0.15, 0.2) is 34.9 Å². The first-order chi connectivity index (χ1) is 9.70. The first-order valence-corrected chi connectivity index (χ1v) is 6.88. The summed E-state index contributed by atoms with van der Waals surface area (Å²) in [6.45, 7) is 2.17. The molecule has 1 aromatic carbocycles. The molecule has 0 amide bonds. The molecule has 1 saturated heterocycles. The highest BCUT2D eigenvalue weighted by molar-refractivity contribution is 5.61. The zero-order valence-corrected chi connectivity index (χ0v) is 11.6. The monoisotopic (exact) mass is 273 g/mol. The Hall–Kier alpha value is -2.01. The van der Waals surface area contributed by atoms with Crippen LogP contribution in [0.5, 0.6) is 5.75 Å². The maximum Gasteiger partial charge on any atom is 0.169 e. The topological polar surface area (TPSA) is 64.5 Å². The number of nitrogens with zero attached hydrogens (tertiary/aromatic N) is 2. The van der Waals surface area contributed by atoms with Gasteiger partial charge in [-0.15, -0.1) is 0 Å². The van der Waals surface area contributed by atoms with Crippen molar-refractivity contribution in [3.63, 3.8) is 0 Å². The van der Waals surface area contributed by atoms with Gasteiger partial charge in [-0.3, -0.25) is 0 Å². The molecule has 1 aliphatic rings. The number of benzene rings is 1. The fourth-order valence-corrected chi connectivity index (χ4v) is 2.44. The molecule has 5 heteroatoms. The number of likely N-dealkylation sites (tertiary alicyclic amines) is 1. The number of nitrogen functional groups attached to an aromatic ring is 1. The molecule has 5 nitrogen and oxygen atoms in total. The number of piperidine rings is 1. The lowest BCUT2D eigenvalue weighted by Crippen LogP contribution is -2.35. The highest BCUT2D eigenvalue weighted by Gasteiger charge is 2.18. The second kappa shape index (κ2) is 5.54. The molecule has 2 heterocycles. The summed E-state index contributed by atoms with van der Waals surface area (Å²) in [7, 11) is 2.14. The molecule has 2 aromatic rings. The lowest BCUT2D eigenvalue weighted by molar-refractivity contribution is 0.114. The average Bonchev–Trinajstić information content (AvgIpc) is 2.89. The minimum Gasteiger partial charge on any atom is -0.490 e. The summed E-state index contributed by atoms with van der Waals surface area (Å²) in [5, 5.41) is 3.70. The van der Waals surface area contributed by atoms with Crippen molar-refractivity contribution >= 4 is 5.82 Å². The second-order valence-electron chi connectivity index (χ2n) is 5.26. The van der Waals surface area contributed by atoms with Gasteiger partial charge in [-0.25, -0.2) is 0 Å². The number of aromatic nitrogens is 1. The minimum absolute atomic E-state index is 0.293. The smallest absolute Gasteiger partial charge is 0.169 e. The Labute approximate surface area is 118 Å². The fraction of sp³-hybridized carbons (Fsp3) is 0.400. The first-order valence-electron chi connectivity index (χ1n) is 6.88. The number of anilines is 1. The molecule has 0 bridgehead atoms. The predicted molar refractivity (Wildman–Crippen MR) is 77.5 cm³/mol. The van der Waals surface area contributed by atoms with Gasteiger partial charge < -0.3 is 19.9 Å². The van der Waals surface area contributed by atoms with E-state index in [4.69, 9.17) is 15.0 Å². The lowest BCUT2D eigenvalue weighted by atomic mass is 10.1. The van der Waals surface area contributed by atoms with Crippen LogP contribution in [0.1, 0.15) is 12.8 Å². The van der Waals surface area contributed by atoms with Crippen molar-refractivity contribution in [1.29, 1.82) is 0 Å². The van der Waals surface area contributed by atoms with Crippen LogP contribution >= 0.6 is 0 Å². The maximum absolute atomic E-state index is 6.05. The van der Waals surface area contributed by atoms with Gasteiger partial charge in [0.15, 0.2) is 11.6 Å². The Balaban J connectivity index is 1.71. The molecule has 0 spiro atoms. The van der Waals surface area contributed by atoms with Crippen molar-refractivity contribution in [1.82, 2.24) is 10.1 Å². The van der Waals surface area contributed by atoms with Gasteiger partial charge in [0.25, 0.3) is 0 Å². The van der Waals surface area contributed by atoms with Crippen LogP contribution in [0.25, 0.3) is 11.3 Å². The Morgan fingerprint density at radius 2 is 2.10 bits per heavy atom. The number of rotatable bonds is 3. The van der Waals surface area contributed by atoms with Crippen LogP contribution in [0.3, 0.4) is 0 Å². The third-order valence-corrected chi connectivity index (χ3v) is 3.62. The van der Waals surface area contributed by atoms with Crippen LogP contribution in [-0.2, 0) is 0 Å². The Morgan fingerprint density at radius 1 is 1.30 bits per heavy atom. The van der Waals surface area contributed by atoms with Crippen molar-refractivity contribution in [2.45, 2.75) is 18.9 Å². The zero-order valence-electron chi connectivity index (χ0n) is 11.6. The number of ether oxygens (including phenoxy) is 1. The standard InChI is InChI=1S/C15H19N3O2/c1-18-7-5-12(6-8-18)19-13-4-2-3-11(9-13)14-10-15(16)17-20-14/h2-4,9-10,12H,5-8H2,1H3,(H2,16,17). The van der Waals surface area contributed by atoms with E-state index in [1.807, 2.05) is 24.3 Å². The summed E-state index contributed by atoms with van der Waals surface area (Å²) < 4.78 is 11.2. The summed E-state index contributed by atoms with van der Waals surface area (Å²) >= 11 is 0. The van der Waals surface area contributed by atoms with Crippen molar-refractivity contribution in [3.8, 4) is 17.1 Å². The summed E-state index contributed by atoms with van der Waals surface area (Å²) in [4.78, 5) is 2.33. The molecule has 0 radical (unpaired) electrons. The predicted octanol–water partition coefficient (Wildman–Crippen LogP) is 2.40. The van der Waals surface area contributed by atoms with E-state index in [1.165, 1.54) is 0 Å². The van der Waals surface area contributed by atoms with E-state index >= 15 is 0 Å². The summed E-state index contributed by atoms with van der Waals surface area (Å²) in [5.41, 5.74) is 6.51. The molecule has 20 heavy (non-hydrogen) atoms. The Morgan fingerprint density at radius 3 is 2.80 bits per heavy atom. The van der Waals surface area contributed by atoms with E-state index in [0.717, 1.165) is 37.2 Å². The number of hydrogen-bond donors (Lipinski definition) is 1. The molecule has 0 saturated carbocycles. The van der Waals surface area contributed by atoms with Crippen molar-refractivity contribution < 1.29 is 9.26 Å². The van der Waals surface area contributed by atoms with Gasteiger partial charge in [-0.2, -0.15) is 0 Å². The summed E-state index contributed by atoms with van der Waals surface area (Å²) in [6, 6.07) is 9.58. The molecule has 2 N–H and O–H groups in total. The minimum atomic E-state index is 0.293. The summed E-state index contributed by atoms with van der Waals surface area (Å²) in [5.74, 6) is 1.92. The quantitative estimate of drug-likeness (QED) is 0.930. The van der Waals surface area contributed by atoms with Crippen LogP contribution in [0.4, 0.5) is 5.82 Å². The fourth-order valence-electron chi connectivity index (χ4n) is 2.44. The first kappa shape index (κ1) is 13.0. The lowest BCUT2D eigenvalue weighted by Gasteiger charge is -2.29. The molecular weight excluding hydrogens is 254 g/mol. The zero-order chi connectivity index (χ0) is 13.9. The molecule has 0 unspecified atom stereocenters. The molecule has 1 aliphatic heterocycles. The van der Waals surface area contributed by atoms with Crippen LogP contribution in [0.2, 0.25) is 0 Å². The van der Waals surface area contributed by atoms with Gasteiger partial charge in [0.1, 0.15) is 11.9 Å². The van der Waals surface area contributed by atoms with Crippen molar-refractivity contribution in [2.24, 2.45) is 0 Å². The van der Waals surface area contributed by atoms with E-state index in [2.05, 4.69) is 17.1 Å². The largest absolute Gasteiger partial charge is 0.490 e. The SMILES string of the molecule is CN1CCC(Oc2cccc(-c3cc(N)no3)c2)CC1. The van der Waals surface area contributed by atoms with Gasteiger partial charge in [-0.1, -0.05) is 17.3 Å². The highest BCUT2D eigenvalue weighted by Crippen LogP contribution is 2.26. The van der Waals surface area contributed by atoms with Gasteiger partial charge in [0.2, 0.25) is 0 Å². The molecule has 0 aliphatic carbocycles. The number of hydrogen-bond acceptors (Lipinski definition) is 5. The molecule has 106 valence electrons. The van der Waals surface area contributed by atoms with Crippen molar-refractivity contribution in [2.75, 3.05) is 25.9 Å². The summed E-state index contributed by atoms with van der Waals surface area (Å²) in [6.07, 6.45) is 2.42. The van der Waals surface area contributed by atoms with Gasteiger partial charge in [0, 0.05) is 24.7 Å². The van der Waals surface area contributed by atoms with E-state index in [1.54, 1.807) is 6.07 Å². The molecule has 0 atom stereocenters. The molecule has 3 rings (SSSR count). The van der Waals surface area contributed by atoms with E-state index in [-0.39, 0.29) is 0 Å². The maximum atomic E-state index is 6.05. The third-order valence-electron chi connectivity index (χ3n) is 3.62. The van der Waals surface area contributed by atoms with Gasteiger partial charge in [0.05, 0.1) is 0 Å². The molecule has 1 aromatic heterocycles. The van der Waals surface area contributed by atoms with E-state index < -0.39 is 0 Å². The van der Waals surface area contributed by atoms with Crippen LogP contribution in [0, 0.1) is 0 Å². The second-order valence-corrected chi connectivity index (χ2v) is 5.26. The third kappa shape index (κ3) is 2.93. The molecule has 1 fully saturated rings. The van der Waals surface area contributed by atoms with Crippen molar-refractivity contribution in [3.05, 3.63) is 30.3 Å². The van der Waals surface area contributed by atoms with Gasteiger partial charge >= 0.3 is 0 Å². The highest BCUT2D eigenvalue weighted by atomic mass is 16.5. The Kier molecular flexibility index (Phi) is 3.60. The van der Waals surface area contributed by atoms with E-state index in [0.29, 0.717) is 17.7 Å². The number of nitrogens with two attached hydrogens (primary N) is 1. The molecular formula is C15H19N3O2.